The van der Waals surface area contributed by atoms with Gasteiger partial charge in [0.15, 0.2) is 5.60 Å². The molecule has 1 fully saturated rings. The highest BCUT2D eigenvalue weighted by Crippen LogP contribution is 2.52. The average molecular weight is 284 g/mol. The number of halogens is 2. The monoisotopic (exact) mass is 283 g/mol. The molecule has 0 amide bonds. The lowest BCUT2D eigenvalue weighted by Gasteiger charge is -2.48. The topological polar surface area (TPSA) is 38.7 Å². The van der Waals surface area contributed by atoms with Crippen molar-refractivity contribution in [3.63, 3.8) is 0 Å². The first-order chi connectivity index (χ1) is 8.46. The molecule has 0 aromatic heterocycles. The molecule has 3 aliphatic heterocycles. The molecule has 1 aromatic carbocycles. The SMILES string of the molecule is C[C@@]12C[C@@H](c3ccccc3)[C@@](Cl)(N=C1Cl)C(=O)O2. The zero-order valence-corrected chi connectivity index (χ0v) is 11.2. The second-order valence-corrected chi connectivity index (χ2v) is 5.80. The summed E-state index contributed by atoms with van der Waals surface area (Å²) in [6.45, 7) is 1.77. The maximum Gasteiger partial charge on any atom is 0.351 e. The summed E-state index contributed by atoms with van der Waals surface area (Å²) in [6, 6.07) is 9.63. The van der Waals surface area contributed by atoms with Gasteiger partial charge in [-0.15, -0.1) is 0 Å². The lowest BCUT2D eigenvalue weighted by Crippen LogP contribution is -2.59. The van der Waals surface area contributed by atoms with Gasteiger partial charge in [-0.05, 0) is 12.5 Å². The molecule has 94 valence electrons. The Bertz CT molecular complexity index is 545. The van der Waals surface area contributed by atoms with Crippen molar-refractivity contribution in [1.29, 1.82) is 0 Å². The van der Waals surface area contributed by atoms with Crippen molar-refractivity contribution in [1.82, 2.24) is 0 Å². The highest BCUT2D eigenvalue weighted by molar-refractivity contribution is 6.68. The minimum Gasteiger partial charge on any atom is -0.449 e. The third-order valence-electron chi connectivity index (χ3n) is 3.56. The standard InChI is InChI=1S/C13H11Cl2NO2/c1-12-7-9(8-5-3-2-4-6-8)13(15,11(17)18-12)16-10(12)14/h2-6,9H,7H2,1H3/t9-,12+,13+/m0/s1. The third-order valence-corrected chi connectivity index (χ3v) is 4.55. The van der Waals surface area contributed by atoms with E-state index in [-0.39, 0.29) is 11.1 Å². The number of ether oxygens (including phenoxy) is 1. The minimum absolute atomic E-state index is 0.214. The minimum atomic E-state index is -1.42. The zero-order chi connectivity index (χ0) is 13.0. The Balaban J connectivity index is 2.13. The van der Waals surface area contributed by atoms with Crippen molar-refractivity contribution in [2.45, 2.75) is 29.9 Å². The smallest absolute Gasteiger partial charge is 0.351 e. The van der Waals surface area contributed by atoms with Crippen LogP contribution in [0.25, 0.3) is 0 Å². The van der Waals surface area contributed by atoms with Gasteiger partial charge in [-0.3, -0.25) is 0 Å². The molecule has 1 saturated heterocycles. The van der Waals surface area contributed by atoms with Crippen molar-refractivity contribution in [3.05, 3.63) is 35.9 Å². The quantitative estimate of drug-likeness (QED) is 0.451. The summed E-state index contributed by atoms with van der Waals surface area (Å²) in [7, 11) is 0. The fourth-order valence-electron chi connectivity index (χ4n) is 2.52. The molecular formula is C13H11Cl2NO2. The van der Waals surface area contributed by atoms with Crippen molar-refractivity contribution < 1.29 is 9.53 Å². The Labute approximate surface area is 115 Å². The van der Waals surface area contributed by atoms with Gasteiger partial charge in [0.05, 0.1) is 0 Å². The van der Waals surface area contributed by atoms with Gasteiger partial charge in [0.25, 0.3) is 0 Å². The fourth-order valence-corrected chi connectivity index (χ4v) is 3.14. The van der Waals surface area contributed by atoms with Crippen molar-refractivity contribution in [2.24, 2.45) is 4.99 Å². The largest absolute Gasteiger partial charge is 0.449 e. The summed E-state index contributed by atoms with van der Waals surface area (Å²) >= 11 is 12.4. The van der Waals surface area contributed by atoms with Crippen LogP contribution in [-0.4, -0.2) is 21.7 Å². The normalized spacial score (nSPS) is 38.3. The molecule has 0 aliphatic carbocycles. The lowest BCUT2D eigenvalue weighted by atomic mass is 9.77. The molecule has 18 heavy (non-hydrogen) atoms. The summed E-state index contributed by atoms with van der Waals surface area (Å²) in [5, 5.41) is 0.268. The van der Waals surface area contributed by atoms with Crippen LogP contribution in [-0.2, 0) is 9.53 Å². The highest BCUT2D eigenvalue weighted by Gasteiger charge is 2.61. The number of aliphatic imine (C=N–C) groups is 1. The van der Waals surface area contributed by atoms with Crippen LogP contribution >= 0.6 is 23.2 Å². The van der Waals surface area contributed by atoms with Crippen molar-refractivity contribution in [3.8, 4) is 0 Å². The van der Waals surface area contributed by atoms with E-state index in [1.807, 2.05) is 30.3 Å². The third kappa shape index (κ3) is 1.50. The second kappa shape index (κ2) is 3.72. The van der Waals surface area contributed by atoms with Crippen LogP contribution in [0.5, 0.6) is 0 Å². The molecule has 1 aromatic rings. The van der Waals surface area contributed by atoms with E-state index in [1.54, 1.807) is 6.92 Å². The number of carbonyl (C=O) groups excluding carboxylic acids is 1. The Kier molecular flexibility index (Phi) is 2.48. The number of hydrogen-bond donors (Lipinski definition) is 0. The van der Waals surface area contributed by atoms with Gasteiger partial charge in [0.1, 0.15) is 5.17 Å². The molecule has 0 spiro atoms. The van der Waals surface area contributed by atoms with Crippen LogP contribution in [0.1, 0.15) is 24.8 Å². The predicted octanol–water partition coefficient (Wildman–Crippen LogP) is 3.06. The van der Waals surface area contributed by atoms with Crippen LogP contribution in [0, 0.1) is 0 Å². The number of hydrogen-bond acceptors (Lipinski definition) is 3. The Hall–Kier alpha value is -1.06. The first-order valence-corrected chi connectivity index (χ1v) is 6.44. The van der Waals surface area contributed by atoms with E-state index in [1.165, 1.54) is 0 Å². The lowest BCUT2D eigenvalue weighted by molar-refractivity contribution is -0.166. The molecule has 0 saturated carbocycles. The summed E-state index contributed by atoms with van der Waals surface area (Å²) in [5.41, 5.74) is 0.124. The number of carbonyl (C=O) groups is 1. The maximum atomic E-state index is 12.0. The molecule has 3 atom stereocenters. The summed E-state index contributed by atoms with van der Waals surface area (Å²) in [6.07, 6.45) is 0.550. The van der Waals surface area contributed by atoms with Gasteiger partial charge >= 0.3 is 5.97 Å². The molecule has 3 aliphatic rings. The van der Waals surface area contributed by atoms with Crippen LogP contribution < -0.4 is 0 Å². The van der Waals surface area contributed by atoms with E-state index in [0.29, 0.717) is 6.42 Å². The van der Waals surface area contributed by atoms with Gasteiger partial charge in [0.2, 0.25) is 5.00 Å². The van der Waals surface area contributed by atoms with Gasteiger partial charge in [-0.1, -0.05) is 53.5 Å². The molecule has 2 bridgehead atoms. The van der Waals surface area contributed by atoms with Crippen LogP contribution in [0.4, 0.5) is 0 Å². The molecule has 0 unspecified atom stereocenters. The Morgan fingerprint density at radius 2 is 2.06 bits per heavy atom. The second-order valence-electron chi connectivity index (χ2n) is 4.86. The molecule has 4 rings (SSSR count). The Morgan fingerprint density at radius 3 is 2.72 bits per heavy atom. The van der Waals surface area contributed by atoms with Crippen LogP contribution in [0.3, 0.4) is 0 Å². The highest BCUT2D eigenvalue weighted by atomic mass is 35.5. The molecule has 0 N–H and O–H groups in total. The van der Waals surface area contributed by atoms with E-state index < -0.39 is 16.6 Å². The van der Waals surface area contributed by atoms with Crippen molar-refractivity contribution >= 4 is 34.3 Å². The average Bonchev–Trinajstić information content (AvgIpc) is 2.34. The molecule has 5 heteroatoms. The van der Waals surface area contributed by atoms with Crippen molar-refractivity contribution in [2.75, 3.05) is 0 Å². The summed E-state index contributed by atoms with van der Waals surface area (Å²) < 4.78 is 5.31. The number of alkyl halides is 1. The van der Waals surface area contributed by atoms with Gasteiger partial charge in [0, 0.05) is 12.3 Å². The number of esters is 1. The summed E-state index contributed by atoms with van der Waals surface area (Å²) in [4.78, 5) is 14.7. The van der Waals surface area contributed by atoms with E-state index >= 15 is 0 Å². The van der Waals surface area contributed by atoms with E-state index in [2.05, 4.69) is 4.99 Å². The molecule has 3 nitrogen and oxygen atoms in total. The zero-order valence-electron chi connectivity index (χ0n) is 9.69. The van der Waals surface area contributed by atoms with E-state index in [0.717, 1.165) is 5.56 Å². The van der Waals surface area contributed by atoms with Crippen LogP contribution in [0.15, 0.2) is 35.3 Å². The van der Waals surface area contributed by atoms with E-state index in [4.69, 9.17) is 27.9 Å². The summed E-state index contributed by atoms with van der Waals surface area (Å²) in [5.74, 6) is -0.731. The first kappa shape index (κ1) is 12.0. The maximum absolute atomic E-state index is 12.0. The van der Waals surface area contributed by atoms with Gasteiger partial charge < -0.3 is 4.74 Å². The molecule has 3 heterocycles. The van der Waals surface area contributed by atoms with Gasteiger partial charge in [-0.25, -0.2) is 9.79 Å². The predicted molar refractivity (Wildman–Crippen MR) is 70.2 cm³/mol. The molecule has 0 radical (unpaired) electrons. The number of fused-ring (bicyclic) bond motifs is 2. The van der Waals surface area contributed by atoms with Crippen LogP contribution in [0.2, 0.25) is 0 Å². The number of nitrogens with zero attached hydrogens (tertiary/aromatic N) is 1. The molecular weight excluding hydrogens is 273 g/mol. The number of rotatable bonds is 1. The number of benzene rings is 1. The Morgan fingerprint density at radius 1 is 1.39 bits per heavy atom. The van der Waals surface area contributed by atoms with Gasteiger partial charge in [-0.2, -0.15) is 0 Å². The van der Waals surface area contributed by atoms with E-state index in [9.17, 15) is 4.79 Å². The first-order valence-electron chi connectivity index (χ1n) is 5.69. The fraction of sp³-hybridized carbons (Fsp3) is 0.385.